The number of para-hydroxylation sites is 1. The maximum Gasteiger partial charge on any atom is 0.356 e. The summed E-state index contributed by atoms with van der Waals surface area (Å²) in [6.45, 7) is 5.36. The highest BCUT2D eigenvalue weighted by atomic mass is 16.6. The quantitative estimate of drug-likeness (QED) is 0.679. The Kier molecular flexibility index (Phi) is 3.93. The minimum atomic E-state index is -0.659. The molecule has 0 unspecified atom stereocenters. The van der Waals surface area contributed by atoms with Crippen molar-refractivity contribution in [3.8, 4) is 5.82 Å². The summed E-state index contributed by atoms with van der Waals surface area (Å²) in [4.78, 5) is 29.4. The fraction of sp³-hybridized carbons (Fsp3) is 0.211. The first-order valence-electron chi connectivity index (χ1n) is 7.66. The molecule has 0 saturated carbocycles. The van der Waals surface area contributed by atoms with Gasteiger partial charge in [-0.05, 0) is 45.0 Å². The summed E-state index contributed by atoms with van der Waals surface area (Å²) in [5, 5.41) is 0.524. The largest absolute Gasteiger partial charge is 0.455 e. The number of carbonyl (C=O) groups is 1. The third-order valence-corrected chi connectivity index (χ3v) is 3.41. The molecule has 0 aliphatic rings. The Morgan fingerprint density at radius 2 is 1.79 bits per heavy atom. The van der Waals surface area contributed by atoms with Crippen LogP contribution in [0, 0.1) is 0 Å². The summed E-state index contributed by atoms with van der Waals surface area (Å²) in [5.74, 6) is -0.00874. The second-order valence-corrected chi connectivity index (χ2v) is 6.44. The number of pyridine rings is 2. The lowest BCUT2D eigenvalue weighted by atomic mass is 10.1. The van der Waals surface area contributed by atoms with Crippen molar-refractivity contribution in [3.05, 3.63) is 70.6 Å². The maximum atomic E-state index is 12.6. The van der Waals surface area contributed by atoms with Crippen molar-refractivity contribution < 1.29 is 9.53 Å². The van der Waals surface area contributed by atoms with Gasteiger partial charge in [-0.3, -0.25) is 9.36 Å². The normalized spacial score (nSPS) is 11.5. The molecule has 0 N–H and O–H groups in total. The smallest absolute Gasteiger partial charge is 0.356 e. The van der Waals surface area contributed by atoms with Crippen molar-refractivity contribution in [3.63, 3.8) is 0 Å². The van der Waals surface area contributed by atoms with Gasteiger partial charge >= 0.3 is 5.97 Å². The van der Waals surface area contributed by atoms with Gasteiger partial charge in [0.2, 0.25) is 0 Å². The second kappa shape index (κ2) is 5.92. The van der Waals surface area contributed by atoms with E-state index in [9.17, 15) is 9.59 Å². The van der Waals surface area contributed by atoms with Gasteiger partial charge in [0.25, 0.3) is 0 Å². The number of benzene rings is 1. The molecule has 0 bridgehead atoms. The number of fused-ring (bicyclic) bond motifs is 1. The van der Waals surface area contributed by atoms with Crippen LogP contribution in [0.15, 0.2) is 59.5 Å². The molecule has 0 radical (unpaired) electrons. The number of rotatable bonds is 2. The van der Waals surface area contributed by atoms with E-state index in [0.717, 1.165) is 0 Å². The van der Waals surface area contributed by atoms with E-state index in [-0.39, 0.29) is 11.1 Å². The standard InChI is InChI=1S/C19H18N2O3/c1-19(2,3)24-18(23)15-12-16(22)13-8-4-5-9-14(13)21(15)17-10-6-7-11-20-17/h4-12H,1-3H3. The van der Waals surface area contributed by atoms with Crippen molar-refractivity contribution in [1.29, 1.82) is 0 Å². The van der Waals surface area contributed by atoms with Gasteiger partial charge in [-0.2, -0.15) is 0 Å². The number of esters is 1. The molecule has 0 amide bonds. The topological polar surface area (TPSA) is 61.2 Å². The zero-order valence-electron chi connectivity index (χ0n) is 13.8. The number of aromatic nitrogens is 2. The molecule has 24 heavy (non-hydrogen) atoms. The minimum Gasteiger partial charge on any atom is -0.455 e. The molecule has 122 valence electrons. The molecule has 5 heteroatoms. The van der Waals surface area contributed by atoms with Crippen LogP contribution >= 0.6 is 0 Å². The van der Waals surface area contributed by atoms with Gasteiger partial charge in [-0.1, -0.05) is 18.2 Å². The predicted octanol–water partition coefficient (Wildman–Crippen LogP) is 3.34. The summed E-state index contributed by atoms with van der Waals surface area (Å²) in [6.07, 6.45) is 1.64. The molecule has 0 atom stereocenters. The molecule has 2 heterocycles. The van der Waals surface area contributed by atoms with Gasteiger partial charge in [-0.25, -0.2) is 9.78 Å². The number of nitrogens with zero attached hydrogens (tertiary/aromatic N) is 2. The first kappa shape index (κ1) is 15.9. The van der Waals surface area contributed by atoms with Gasteiger partial charge < -0.3 is 4.74 Å². The van der Waals surface area contributed by atoms with Crippen molar-refractivity contribution in [2.45, 2.75) is 26.4 Å². The highest BCUT2D eigenvalue weighted by molar-refractivity contribution is 5.93. The van der Waals surface area contributed by atoms with Crippen molar-refractivity contribution >= 4 is 16.9 Å². The number of hydrogen-bond donors (Lipinski definition) is 0. The highest BCUT2D eigenvalue weighted by Gasteiger charge is 2.23. The van der Waals surface area contributed by atoms with Crippen LogP contribution in [0.1, 0.15) is 31.3 Å². The van der Waals surface area contributed by atoms with E-state index in [1.165, 1.54) is 6.07 Å². The molecule has 0 aliphatic carbocycles. The molecule has 0 fully saturated rings. The Morgan fingerprint density at radius 3 is 2.46 bits per heavy atom. The molecule has 1 aromatic carbocycles. The van der Waals surface area contributed by atoms with Crippen LogP contribution in [0.25, 0.3) is 16.7 Å². The molecule has 3 aromatic rings. The average molecular weight is 322 g/mol. The molecule has 0 saturated heterocycles. The van der Waals surface area contributed by atoms with Gasteiger partial charge in [0.05, 0.1) is 5.52 Å². The fourth-order valence-corrected chi connectivity index (χ4v) is 2.49. The molecular formula is C19H18N2O3. The van der Waals surface area contributed by atoms with Crippen LogP contribution in [-0.4, -0.2) is 21.1 Å². The summed E-state index contributed by atoms with van der Waals surface area (Å²) < 4.78 is 7.12. The summed E-state index contributed by atoms with van der Waals surface area (Å²) >= 11 is 0. The predicted molar refractivity (Wildman–Crippen MR) is 92.5 cm³/mol. The molecule has 2 aromatic heterocycles. The third kappa shape index (κ3) is 3.06. The average Bonchev–Trinajstić information content (AvgIpc) is 2.54. The van der Waals surface area contributed by atoms with Crippen molar-refractivity contribution in [1.82, 2.24) is 9.55 Å². The van der Waals surface area contributed by atoms with E-state index in [0.29, 0.717) is 16.7 Å². The van der Waals surface area contributed by atoms with E-state index in [1.54, 1.807) is 61.9 Å². The number of ether oxygens (including phenoxy) is 1. The molecule has 5 nitrogen and oxygen atoms in total. The monoisotopic (exact) mass is 322 g/mol. The van der Waals surface area contributed by atoms with E-state index in [1.807, 2.05) is 12.1 Å². The Bertz CT molecular complexity index is 954. The molecule has 0 spiro atoms. The Hall–Kier alpha value is -2.95. The molecule has 0 aliphatic heterocycles. The maximum absolute atomic E-state index is 12.6. The first-order valence-corrected chi connectivity index (χ1v) is 7.66. The Morgan fingerprint density at radius 1 is 1.08 bits per heavy atom. The van der Waals surface area contributed by atoms with E-state index >= 15 is 0 Å². The zero-order chi connectivity index (χ0) is 17.3. The fourth-order valence-electron chi connectivity index (χ4n) is 2.49. The van der Waals surface area contributed by atoms with Crippen molar-refractivity contribution in [2.75, 3.05) is 0 Å². The van der Waals surface area contributed by atoms with Crippen LogP contribution in [0.3, 0.4) is 0 Å². The molecular weight excluding hydrogens is 304 g/mol. The minimum absolute atomic E-state index is 0.160. The van der Waals surface area contributed by atoms with E-state index in [2.05, 4.69) is 4.98 Å². The van der Waals surface area contributed by atoms with Crippen LogP contribution in [0.2, 0.25) is 0 Å². The number of hydrogen-bond acceptors (Lipinski definition) is 4. The SMILES string of the molecule is CC(C)(C)OC(=O)c1cc(=O)c2ccccc2n1-c1ccccn1. The second-order valence-electron chi connectivity index (χ2n) is 6.44. The van der Waals surface area contributed by atoms with Crippen LogP contribution < -0.4 is 5.43 Å². The number of carbonyl (C=O) groups excluding carboxylic acids is 1. The lowest BCUT2D eigenvalue weighted by Gasteiger charge is -2.22. The van der Waals surface area contributed by atoms with Crippen LogP contribution in [0.4, 0.5) is 0 Å². The lowest BCUT2D eigenvalue weighted by Crippen LogP contribution is -2.27. The summed E-state index contributed by atoms with van der Waals surface area (Å²) in [7, 11) is 0. The van der Waals surface area contributed by atoms with E-state index in [4.69, 9.17) is 4.74 Å². The Labute approximate surface area is 139 Å². The highest BCUT2D eigenvalue weighted by Crippen LogP contribution is 2.20. The third-order valence-electron chi connectivity index (χ3n) is 3.41. The van der Waals surface area contributed by atoms with Gasteiger partial charge in [0.15, 0.2) is 5.43 Å². The lowest BCUT2D eigenvalue weighted by molar-refractivity contribution is 0.00600. The van der Waals surface area contributed by atoms with Crippen molar-refractivity contribution in [2.24, 2.45) is 0 Å². The Balaban J connectivity index is 2.33. The van der Waals surface area contributed by atoms with Gasteiger partial charge in [-0.15, -0.1) is 0 Å². The van der Waals surface area contributed by atoms with E-state index < -0.39 is 11.6 Å². The summed E-state index contributed by atoms with van der Waals surface area (Å²) in [6, 6.07) is 13.8. The van der Waals surface area contributed by atoms with Gasteiger partial charge in [0, 0.05) is 17.6 Å². The van der Waals surface area contributed by atoms with Crippen LogP contribution in [0.5, 0.6) is 0 Å². The molecule has 3 rings (SSSR count). The van der Waals surface area contributed by atoms with Gasteiger partial charge in [0.1, 0.15) is 17.1 Å². The van der Waals surface area contributed by atoms with Crippen LogP contribution in [-0.2, 0) is 4.74 Å². The first-order chi connectivity index (χ1) is 11.4. The summed E-state index contributed by atoms with van der Waals surface area (Å²) in [5.41, 5.74) is -0.108. The zero-order valence-corrected chi connectivity index (χ0v) is 13.8.